The second kappa shape index (κ2) is 17.5. The lowest BCUT2D eigenvalue weighted by molar-refractivity contribution is -0.131. The lowest BCUT2D eigenvalue weighted by Gasteiger charge is -2.08. The number of carbonyl (C=O) groups is 1. The van der Waals surface area contributed by atoms with Crippen LogP contribution in [-0.4, -0.2) is 27.4 Å². The largest absolute Gasteiger partial charge is 0.508 e. The summed E-state index contributed by atoms with van der Waals surface area (Å²) in [6, 6.07) is 0. The first-order valence-electron chi connectivity index (χ1n) is 9.21. The summed E-state index contributed by atoms with van der Waals surface area (Å²) in [5, 5.41) is 27.9. The zero-order valence-corrected chi connectivity index (χ0v) is 15.6. The minimum atomic E-state index is -0.977. The number of hydrogen-bond acceptors (Lipinski definition) is 3. The Labute approximate surface area is 157 Å². The highest BCUT2D eigenvalue weighted by molar-refractivity contribution is 5.80. The summed E-state index contributed by atoms with van der Waals surface area (Å²) < 4.78 is 0. The van der Waals surface area contributed by atoms with Crippen molar-refractivity contribution in [3.8, 4) is 0 Å². The molecule has 1 unspecified atom stereocenters. The number of carboxylic acids is 1. The summed E-state index contributed by atoms with van der Waals surface area (Å²) in [5.41, 5.74) is 0. The molecule has 0 rings (SSSR count). The Bertz CT molecular complexity index is 536. The van der Waals surface area contributed by atoms with Crippen molar-refractivity contribution in [3.05, 3.63) is 72.6 Å². The van der Waals surface area contributed by atoms with E-state index in [1.807, 2.05) is 6.08 Å². The molecule has 0 aliphatic rings. The number of carboxylic acid groups (broad SMARTS) is 1. The fourth-order valence-corrected chi connectivity index (χ4v) is 2.12. The number of allylic oxidation sites excluding steroid dienone is 10. The lowest BCUT2D eigenvalue weighted by Crippen LogP contribution is -2.05. The van der Waals surface area contributed by atoms with Gasteiger partial charge in [-0.15, -0.1) is 0 Å². The van der Waals surface area contributed by atoms with E-state index in [1.165, 1.54) is 18.9 Å². The van der Waals surface area contributed by atoms with Crippen LogP contribution in [0.1, 0.15) is 51.9 Å². The van der Waals surface area contributed by atoms with Crippen LogP contribution in [-0.2, 0) is 4.79 Å². The molecule has 26 heavy (non-hydrogen) atoms. The van der Waals surface area contributed by atoms with E-state index >= 15 is 0 Å². The molecular weight excluding hydrogens is 328 g/mol. The van der Waals surface area contributed by atoms with Gasteiger partial charge in [-0.3, -0.25) is 0 Å². The average molecular weight is 360 g/mol. The molecule has 4 nitrogen and oxygen atoms in total. The Morgan fingerprint density at radius 3 is 2.12 bits per heavy atom. The molecule has 0 aromatic rings. The highest BCUT2D eigenvalue weighted by Crippen LogP contribution is 2.10. The third kappa shape index (κ3) is 18.0. The van der Waals surface area contributed by atoms with E-state index in [2.05, 4.69) is 6.92 Å². The highest BCUT2D eigenvalue weighted by atomic mass is 16.4. The number of aliphatic hydroxyl groups is 2. The van der Waals surface area contributed by atoms with Crippen LogP contribution in [0.3, 0.4) is 0 Å². The topological polar surface area (TPSA) is 77.8 Å². The van der Waals surface area contributed by atoms with Crippen LogP contribution in [0.2, 0.25) is 0 Å². The van der Waals surface area contributed by atoms with Crippen molar-refractivity contribution < 1.29 is 20.1 Å². The van der Waals surface area contributed by atoms with Crippen molar-refractivity contribution in [1.29, 1.82) is 0 Å². The van der Waals surface area contributed by atoms with Crippen LogP contribution >= 0.6 is 0 Å². The maximum absolute atomic E-state index is 10.2. The van der Waals surface area contributed by atoms with E-state index < -0.39 is 5.97 Å². The number of aliphatic carboxylic acids is 1. The molecule has 0 aromatic carbocycles. The van der Waals surface area contributed by atoms with Crippen molar-refractivity contribution >= 4 is 5.97 Å². The van der Waals surface area contributed by atoms with Crippen molar-refractivity contribution in [1.82, 2.24) is 0 Å². The molecule has 0 saturated heterocycles. The minimum Gasteiger partial charge on any atom is -0.508 e. The zero-order chi connectivity index (χ0) is 19.5. The monoisotopic (exact) mass is 360 g/mol. The summed E-state index contributed by atoms with van der Waals surface area (Å²) in [6.07, 6.45) is 24.7. The summed E-state index contributed by atoms with van der Waals surface area (Å²) in [6.45, 7) is 2.16. The second-order valence-electron chi connectivity index (χ2n) is 5.93. The van der Waals surface area contributed by atoms with E-state index in [1.54, 1.807) is 48.6 Å². The smallest absolute Gasteiger partial charge is 0.328 e. The third-order valence-electron chi connectivity index (χ3n) is 3.51. The van der Waals surface area contributed by atoms with Gasteiger partial charge in [0.15, 0.2) is 0 Å². The third-order valence-corrected chi connectivity index (χ3v) is 3.51. The predicted octanol–water partition coefficient (Wildman–Crippen LogP) is 5.41. The first kappa shape index (κ1) is 23.7. The molecule has 1 atom stereocenters. The summed E-state index contributed by atoms with van der Waals surface area (Å²) in [7, 11) is 0. The molecule has 144 valence electrons. The molecular formula is C22H32O4. The van der Waals surface area contributed by atoms with Gasteiger partial charge in [-0.25, -0.2) is 4.79 Å². The van der Waals surface area contributed by atoms with Gasteiger partial charge < -0.3 is 15.3 Å². The van der Waals surface area contributed by atoms with E-state index in [0.29, 0.717) is 0 Å². The Hall–Kier alpha value is -2.33. The predicted molar refractivity (Wildman–Crippen MR) is 108 cm³/mol. The van der Waals surface area contributed by atoms with Crippen LogP contribution in [0.15, 0.2) is 72.6 Å². The average Bonchev–Trinajstić information content (AvgIpc) is 2.60. The molecule has 0 bridgehead atoms. The zero-order valence-electron chi connectivity index (χ0n) is 15.6. The van der Waals surface area contributed by atoms with E-state index in [9.17, 15) is 15.0 Å². The van der Waals surface area contributed by atoms with E-state index in [0.717, 1.165) is 38.2 Å². The standard InChI is InChI=1S/C22H32O4/c1-2-3-10-15-20(23)17-12-9-13-18-21(24)16-11-7-5-4-6-8-14-19-22(25)26/h4-8,11,13-14,16,18-20,23-24H,2-3,9-10,12,15,17H2,1H3,(H,25,26). The van der Waals surface area contributed by atoms with E-state index in [4.69, 9.17) is 5.11 Å². The first-order valence-corrected chi connectivity index (χ1v) is 9.21. The van der Waals surface area contributed by atoms with Crippen LogP contribution in [0.4, 0.5) is 0 Å². The maximum Gasteiger partial charge on any atom is 0.328 e. The van der Waals surface area contributed by atoms with Gasteiger partial charge in [0.25, 0.3) is 0 Å². The summed E-state index contributed by atoms with van der Waals surface area (Å²) >= 11 is 0. The molecule has 0 aliphatic carbocycles. The molecule has 0 fully saturated rings. The van der Waals surface area contributed by atoms with Gasteiger partial charge in [-0.2, -0.15) is 0 Å². The molecule has 0 saturated carbocycles. The Morgan fingerprint density at radius 1 is 0.846 bits per heavy atom. The van der Waals surface area contributed by atoms with Gasteiger partial charge in [0, 0.05) is 6.08 Å². The van der Waals surface area contributed by atoms with Gasteiger partial charge in [0.2, 0.25) is 0 Å². The van der Waals surface area contributed by atoms with Crippen LogP contribution in [0.5, 0.6) is 0 Å². The molecule has 0 amide bonds. The van der Waals surface area contributed by atoms with Gasteiger partial charge >= 0.3 is 5.97 Å². The van der Waals surface area contributed by atoms with Gasteiger partial charge in [-0.1, -0.05) is 74.8 Å². The number of unbranched alkanes of at least 4 members (excludes halogenated alkanes) is 3. The summed E-state index contributed by atoms with van der Waals surface area (Å²) in [5.74, 6) is -0.798. The van der Waals surface area contributed by atoms with Gasteiger partial charge in [0.05, 0.1) is 6.10 Å². The number of hydrogen-bond donors (Lipinski definition) is 3. The van der Waals surface area contributed by atoms with E-state index in [-0.39, 0.29) is 11.9 Å². The van der Waals surface area contributed by atoms with Crippen LogP contribution < -0.4 is 0 Å². The molecule has 0 aliphatic heterocycles. The van der Waals surface area contributed by atoms with Crippen molar-refractivity contribution in [2.45, 2.75) is 58.0 Å². The van der Waals surface area contributed by atoms with Gasteiger partial charge in [-0.05, 0) is 37.8 Å². The summed E-state index contributed by atoms with van der Waals surface area (Å²) in [4.78, 5) is 10.2. The van der Waals surface area contributed by atoms with Crippen LogP contribution in [0, 0.1) is 0 Å². The fourth-order valence-electron chi connectivity index (χ4n) is 2.12. The Kier molecular flexibility index (Phi) is 15.9. The quantitative estimate of drug-likeness (QED) is 0.168. The molecule has 4 heteroatoms. The minimum absolute atomic E-state index is 0.179. The second-order valence-corrected chi connectivity index (χ2v) is 5.93. The molecule has 0 heterocycles. The highest BCUT2D eigenvalue weighted by Gasteiger charge is 2.02. The lowest BCUT2D eigenvalue weighted by atomic mass is 10.1. The Morgan fingerprint density at radius 2 is 1.46 bits per heavy atom. The van der Waals surface area contributed by atoms with Crippen LogP contribution in [0.25, 0.3) is 0 Å². The van der Waals surface area contributed by atoms with Crippen molar-refractivity contribution in [3.63, 3.8) is 0 Å². The number of aliphatic hydroxyl groups excluding tert-OH is 2. The number of rotatable bonds is 14. The fraction of sp³-hybridized carbons (Fsp3) is 0.409. The van der Waals surface area contributed by atoms with Crippen molar-refractivity contribution in [2.24, 2.45) is 0 Å². The first-order chi connectivity index (χ1) is 12.6. The maximum atomic E-state index is 10.2. The SMILES string of the molecule is CCCCCC(O)CCCC=CC(O)=CC=CC=CC=CC=CC(=O)O. The van der Waals surface area contributed by atoms with Gasteiger partial charge in [0.1, 0.15) is 5.76 Å². The van der Waals surface area contributed by atoms with Crippen molar-refractivity contribution in [2.75, 3.05) is 0 Å². The Balaban J connectivity index is 3.91. The molecule has 3 N–H and O–H groups in total. The molecule has 0 aromatic heterocycles. The normalized spacial score (nSPS) is 14.6. The molecule has 0 spiro atoms. The molecule has 0 radical (unpaired) electrons.